The van der Waals surface area contributed by atoms with Gasteiger partial charge in [-0.3, -0.25) is 9.78 Å². The molecule has 1 aromatic heterocycles. The van der Waals surface area contributed by atoms with Crippen molar-refractivity contribution >= 4 is 5.91 Å². The summed E-state index contributed by atoms with van der Waals surface area (Å²) in [6, 6.07) is 3.57. The van der Waals surface area contributed by atoms with Crippen molar-refractivity contribution in [3.05, 3.63) is 30.1 Å². The van der Waals surface area contributed by atoms with Crippen molar-refractivity contribution in [2.45, 2.75) is 32.0 Å². The first-order valence-electron chi connectivity index (χ1n) is 6.30. The molecule has 0 radical (unpaired) electrons. The lowest BCUT2D eigenvalue weighted by atomic mass is 10.1. The Balaban J connectivity index is 1.98. The van der Waals surface area contributed by atoms with E-state index in [1.807, 2.05) is 19.1 Å². The van der Waals surface area contributed by atoms with Crippen molar-refractivity contribution in [1.29, 1.82) is 0 Å². The zero-order valence-corrected chi connectivity index (χ0v) is 10.5. The number of pyridine rings is 1. The first-order valence-corrected chi connectivity index (χ1v) is 6.30. The molecule has 5 heteroatoms. The van der Waals surface area contributed by atoms with E-state index in [0.717, 1.165) is 5.56 Å². The van der Waals surface area contributed by atoms with Crippen molar-refractivity contribution in [2.75, 3.05) is 13.1 Å². The molecule has 1 aromatic rings. The zero-order valence-electron chi connectivity index (χ0n) is 10.5. The van der Waals surface area contributed by atoms with Crippen LogP contribution >= 0.6 is 0 Å². The largest absolute Gasteiger partial charge is 0.392 e. The van der Waals surface area contributed by atoms with Crippen LogP contribution < -0.4 is 5.32 Å². The van der Waals surface area contributed by atoms with Crippen molar-refractivity contribution in [2.24, 2.45) is 0 Å². The standard InChI is InChI=1S/C13H19N3O2/c1-2-16(9-10-3-5-14-6-4-10)13(18)12-7-11(17)8-15-12/h3-6,11-12,15,17H,2,7-9H2,1H3. The normalized spacial score (nSPS) is 23.0. The van der Waals surface area contributed by atoms with Crippen molar-refractivity contribution in [3.63, 3.8) is 0 Å². The second-order valence-corrected chi connectivity index (χ2v) is 4.56. The summed E-state index contributed by atoms with van der Waals surface area (Å²) in [6.07, 6.45) is 3.56. The summed E-state index contributed by atoms with van der Waals surface area (Å²) >= 11 is 0. The van der Waals surface area contributed by atoms with E-state index in [-0.39, 0.29) is 11.9 Å². The first kappa shape index (κ1) is 13.0. The van der Waals surface area contributed by atoms with E-state index in [9.17, 15) is 9.90 Å². The highest BCUT2D eigenvalue weighted by atomic mass is 16.3. The van der Waals surface area contributed by atoms with E-state index in [2.05, 4.69) is 10.3 Å². The monoisotopic (exact) mass is 249 g/mol. The fourth-order valence-electron chi connectivity index (χ4n) is 2.18. The summed E-state index contributed by atoms with van der Waals surface area (Å²) in [5.41, 5.74) is 1.07. The highest BCUT2D eigenvalue weighted by molar-refractivity contribution is 5.82. The average Bonchev–Trinajstić information content (AvgIpc) is 2.83. The van der Waals surface area contributed by atoms with Gasteiger partial charge in [0, 0.05) is 32.0 Å². The van der Waals surface area contributed by atoms with Gasteiger partial charge >= 0.3 is 0 Å². The maximum Gasteiger partial charge on any atom is 0.240 e. The van der Waals surface area contributed by atoms with E-state index in [1.165, 1.54) is 0 Å². The van der Waals surface area contributed by atoms with Crippen LogP contribution in [-0.4, -0.2) is 46.1 Å². The van der Waals surface area contributed by atoms with Crippen LogP contribution in [0.15, 0.2) is 24.5 Å². The summed E-state index contributed by atoms with van der Waals surface area (Å²) in [5, 5.41) is 12.5. The Hall–Kier alpha value is -1.46. The molecule has 2 heterocycles. The molecule has 0 aliphatic carbocycles. The fraction of sp³-hybridized carbons (Fsp3) is 0.538. The Kier molecular flexibility index (Phi) is 4.28. The second-order valence-electron chi connectivity index (χ2n) is 4.56. The molecule has 2 rings (SSSR count). The molecule has 1 fully saturated rings. The van der Waals surface area contributed by atoms with E-state index >= 15 is 0 Å². The van der Waals surface area contributed by atoms with Crippen LogP contribution in [0.4, 0.5) is 0 Å². The van der Waals surface area contributed by atoms with Gasteiger partial charge in [-0.15, -0.1) is 0 Å². The highest BCUT2D eigenvalue weighted by Gasteiger charge is 2.30. The minimum atomic E-state index is -0.404. The van der Waals surface area contributed by atoms with Crippen molar-refractivity contribution < 1.29 is 9.90 Å². The van der Waals surface area contributed by atoms with Gasteiger partial charge in [0.25, 0.3) is 0 Å². The number of likely N-dealkylation sites (N-methyl/N-ethyl adjacent to an activating group) is 1. The Morgan fingerprint density at radius 3 is 2.83 bits per heavy atom. The van der Waals surface area contributed by atoms with Gasteiger partial charge in [-0.25, -0.2) is 0 Å². The number of β-amino-alcohol motifs (C(OH)–C–C–N with tert-alkyl or cyclic N) is 1. The predicted octanol–water partition coefficient (Wildman–Crippen LogP) is 0.153. The number of hydrogen-bond acceptors (Lipinski definition) is 4. The molecule has 2 unspecified atom stereocenters. The number of carbonyl (C=O) groups excluding carboxylic acids is 1. The molecule has 0 bridgehead atoms. The topological polar surface area (TPSA) is 65.5 Å². The molecule has 0 saturated carbocycles. The van der Waals surface area contributed by atoms with Crippen LogP contribution in [0.3, 0.4) is 0 Å². The van der Waals surface area contributed by atoms with Gasteiger partial charge < -0.3 is 15.3 Å². The number of rotatable bonds is 4. The van der Waals surface area contributed by atoms with Crippen LogP contribution in [0.5, 0.6) is 0 Å². The summed E-state index contributed by atoms with van der Waals surface area (Å²) < 4.78 is 0. The molecular formula is C13H19N3O2. The molecule has 1 aliphatic rings. The lowest BCUT2D eigenvalue weighted by Gasteiger charge is -2.24. The Labute approximate surface area is 107 Å². The number of aliphatic hydroxyl groups is 1. The highest BCUT2D eigenvalue weighted by Crippen LogP contribution is 2.12. The van der Waals surface area contributed by atoms with Gasteiger partial charge in [0.2, 0.25) is 5.91 Å². The van der Waals surface area contributed by atoms with Gasteiger partial charge in [0.05, 0.1) is 12.1 Å². The molecule has 0 aromatic carbocycles. The summed E-state index contributed by atoms with van der Waals surface area (Å²) in [4.78, 5) is 18.0. The average molecular weight is 249 g/mol. The van der Waals surface area contributed by atoms with Crippen LogP contribution in [-0.2, 0) is 11.3 Å². The number of hydrogen-bond donors (Lipinski definition) is 2. The number of nitrogens with zero attached hydrogens (tertiary/aromatic N) is 2. The quantitative estimate of drug-likeness (QED) is 0.797. The number of aromatic nitrogens is 1. The molecule has 1 amide bonds. The first-order chi connectivity index (χ1) is 8.70. The van der Waals surface area contributed by atoms with E-state index in [1.54, 1.807) is 17.3 Å². The summed E-state index contributed by atoms with van der Waals surface area (Å²) in [5.74, 6) is 0.0610. The van der Waals surface area contributed by atoms with Crippen molar-refractivity contribution in [3.8, 4) is 0 Å². The molecule has 5 nitrogen and oxygen atoms in total. The summed E-state index contributed by atoms with van der Waals surface area (Å²) in [7, 11) is 0. The number of aliphatic hydroxyl groups excluding tert-OH is 1. The third-order valence-electron chi connectivity index (χ3n) is 3.22. The SMILES string of the molecule is CCN(Cc1ccncc1)C(=O)C1CC(O)CN1. The summed E-state index contributed by atoms with van der Waals surface area (Å²) in [6.45, 7) is 3.72. The molecule has 98 valence electrons. The Bertz CT molecular complexity index is 396. The lowest BCUT2D eigenvalue weighted by molar-refractivity contribution is -0.133. The van der Waals surface area contributed by atoms with Gasteiger partial charge in [-0.2, -0.15) is 0 Å². The number of amides is 1. The molecule has 18 heavy (non-hydrogen) atoms. The Morgan fingerprint density at radius 1 is 1.56 bits per heavy atom. The fourth-order valence-corrected chi connectivity index (χ4v) is 2.18. The van der Waals surface area contributed by atoms with E-state index < -0.39 is 6.10 Å². The molecule has 1 saturated heterocycles. The number of carbonyl (C=O) groups is 1. The van der Waals surface area contributed by atoms with Gasteiger partial charge in [0.15, 0.2) is 0 Å². The third kappa shape index (κ3) is 3.05. The van der Waals surface area contributed by atoms with Crippen LogP contribution in [0.25, 0.3) is 0 Å². The van der Waals surface area contributed by atoms with E-state index in [4.69, 9.17) is 0 Å². The lowest BCUT2D eigenvalue weighted by Crippen LogP contribution is -2.43. The number of nitrogens with one attached hydrogen (secondary N) is 1. The van der Waals surface area contributed by atoms with E-state index in [0.29, 0.717) is 26.1 Å². The maximum absolute atomic E-state index is 12.3. The molecule has 2 atom stereocenters. The Morgan fingerprint density at radius 2 is 2.28 bits per heavy atom. The second kappa shape index (κ2) is 5.93. The minimum Gasteiger partial charge on any atom is -0.392 e. The van der Waals surface area contributed by atoms with Crippen LogP contribution in [0, 0.1) is 0 Å². The van der Waals surface area contributed by atoms with Gasteiger partial charge in [0.1, 0.15) is 0 Å². The molecule has 0 spiro atoms. The molecule has 1 aliphatic heterocycles. The van der Waals surface area contributed by atoms with Crippen LogP contribution in [0.1, 0.15) is 18.9 Å². The zero-order chi connectivity index (χ0) is 13.0. The van der Waals surface area contributed by atoms with Gasteiger partial charge in [-0.1, -0.05) is 0 Å². The molecular weight excluding hydrogens is 230 g/mol. The predicted molar refractivity (Wildman–Crippen MR) is 67.7 cm³/mol. The molecule has 2 N–H and O–H groups in total. The third-order valence-corrected chi connectivity index (χ3v) is 3.22. The smallest absolute Gasteiger partial charge is 0.240 e. The minimum absolute atomic E-state index is 0.0610. The maximum atomic E-state index is 12.3. The van der Waals surface area contributed by atoms with Gasteiger partial charge in [-0.05, 0) is 31.0 Å². The van der Waals surface area contributed by atoms with Crippen molar-refractivity contribution in [1.82, 2.24) is 15.2 Å². The van der Waals surface area contributed by atoms with Crippen LogP contribution in [0.2, 0.25) is 0 Å².